The molecule has 0 aliphatic carbocycles. The molecule has 16 heavy (non-hydrogen) atoms. The second-order valence-electron chi connectivity index (χ2n) is 3.89. The summed E-state index contributed by atoms with van der Waals surface area (Å²) in [7, 11) is 0. The average molecular weight is 246 g/mol. The second kappa shape index (κ2) is 5.87. The molecule has 0 aromatic heterocycles. The van der Waals surface area contributed by atoms with E-state index in [-0.39, 0.29) is 23.7 Å². The van der Waals surface area contributed by atoms with Crippen LogP contribution in [0.5, 0.6) is 5.75 Å². The van der Waals surface area contributed by atoms with Crippen LogP contribution in [0.1, 0.15) is 30.5 Å². The quantitative estimate of drug-likeness (QED) is 0.804. The van der Waals surface area contributed by atoms with Crippen molar-refractivity contribution in [1.29, 1.82) is 0 Å². The van der Waals surface area contributed by atoms with Crippen LogP contribution in [-0.4, -0.2) is 5.11 Å². The molecule has 0 fully saturated rings. The molecule has 4 heteroatoms. The van der Waals surface area contributed by atoms with Gasteiger partial charge in [-0.15, -0.1) is 19.0 Å². The second-order valence-corrected chi connectivity index (χ2v) is 3.89. The normalized spacial score (nSPS) is 11.8. The van der Waals surface area contributed by atoms with E-state index in [9.17, 15) is 9.50 Å². The van der Waals surface area contributed by atoms with Gasteiger partial charge in [0.1, 0.15) is 11.6 Å². The zero-order valence-electron chi connectivity index (χ0n) is 9.46. The minimum atomic E-state index is -0.539. The predicted molar refractivity (Wildman–Crippen MR) is 66.4 cm³/mol. The first-order chi connectivity index (χ1) is 6.93. The largest absolute Gasteiger partial charge is 0.507 e. The summed E-state index contributed by atoms with van der Waals surface area (Å²) in [5, 5.41) is 9.71. The summed E-state index contributed by atoms with van der Waals surface area (Å²) in [6.07, 6.45) is 0.466. The van der Waals surface area contributed by atoms with E-state index in [0.29, 0.717) is 12.0 Å². The first-order valence-corrected chi connectivity index (χ1v) is 4.81. The SMILES string of the molecule is C=C(C)C[C@@H](N)c1c(F)ccc(C)c1O.Cl. The highest BCUT2D eigenvalue weighted by Gasteiger charge is 2.17. The maximum Gasteiger partial charge on any atom is 0.131 e. The molecule has 0 aliphatic heterocycles. The molecule has 0 bridgehead atoms. The number of phenols is 1. The van der Waals surface area contributed by atoms with Crippen molar-refractivity contribution in [2.75, 3.05) is 0 Å². The van der Waals surface area contributed by atoms with Crippen molar-refractivity contribution in [2.45, 2.75) is 26.3 Å². The molecule has 3 N–H and O–H groups in total. The van der Waals surface area contributed by atoms with Gasteiger partial charge in [0.2, 0.25) is 0 Å². The monoisotopic (exact) mass is 245 g/mol. The Bertz CT molecular complexity index is 393. The van der Waals surface area contributed by atoms with Gasteiger partial charge in [0.15, 0.2) is 0 Å². The number of benzene rings is 1. The van der Waals surface area contributed by atoms with Crippen LogP contribution in [-0.2, 0) is 0 Å². The lowest BCUT2D eigenvalue weighted by atomic mass is 9.98. The number of phenolic OH excluding ortho intramolecular Hbond substituents is 1. The van der Waals surface area contributed by atoms with Gasteiger partial charge >= 0.3 is 0 Å². The Morgan fingerprint density at radius 2 is 2.12 bits per heavy atom. The number of nitrogens with two attached hydrogens (primary N) is 1. The maximum atomic E-state index is 13.5. The van der Waals surface area contributed by atoms with Crippen LogP contribution in [0, 0.1) is 12.7 Å². The summed E-state index contributed by atoms with van der Waals surface area (Å²) in [5.41, 5.74) is 7.48. The minimum Gasteiger partial charge on any atom is -0.507 e. The number of hydrogen-bond acceptors (Lipinski definition) is 2. The lowest BCUT2D eigenvalue weighted by Gasteiger charge is -2.15. The van der Waals surface area contributed by atoms with Crippen molar-refractivity contribution in [3.8, 4) is 5.75 Å². The fourth-order valence-electron chi connectivity index (χ4n) is 1.52. The van der Waals surface area contributed by atoms with Crippen molar-refractivity contribution in [2.24, 2.45) is 5.73 Å². The Morgan fingerprint density at radius 3 is 2.62 bits per heavy atom. The van der Waals surface area contributed by atoms with Crippen molar-refractivity contribution < 1.29 is 9.50 Å². The molecule has 1 aromatic carbocycles. The third kappa shape index (κ3) is 3.22. The summed E-state index contributed by atoms with van der Waals surface area (Å²) in [5.74, 6) is -0.518. The van der Waals surface area contributed by atoms with Crippen LogP contribution in [0.3, 0.4) is 0 Å². The summed E-state index contributed by atoms with van der Waals surface area (Å²) >= 11 is 0. The summed E-state index contributed by atoms with van der Waals surface area (Å²) in [6, 6.07) is 2.31. The molecule has 0 spiro atoms. The Labute approximate surface area is 101 Å². The lowest BCUT2D eigenvalue weighted by Crippen LogP contribution is -2.13. The van der Waals surface area contributed by atoms with E-state index >= 15 is 0 Å². The fraction of sp³-hybridized carbons (Fsp3) is 0.333. The van der Waals surface area contributed by atoms with Crippen molar-refractivity contribution >= 4 is 12.4 Å². The van der Waals surface area contributed by atoms with Gasteiger partial charge in [0, 0.05) is 11.6 Å². The van der Waals surface area contributed by atoms with Crippen molar-refractivity contribution in [3.63, 3.8) is 0 Å². The third-order valence-corrected chi connectivity index (χ3v) is 2.30. The molecule has 0 aliphatic rings. The van der Waals surface area contributed by atoms with Gasteiger partial charge in [-0.1, -0.05) is 11.6 Å². The molecule has 1 rings (SSSR count). The van der Waals surface area contributed by atoms with E-state index in [2.05, 4.69) is 6.58 Å². The Kier molecular flexibility index (Phi) is 5.48. The molecule has 0 saturated heterocycles. The fourth-order valence-corrected chi connectivity index (χ4v) is 1.52. The minimum absolute atomic E-state index is 0. The van der Waals surface area contributed by atoms with Gasteiger partial charge in [0.25, 0.3) is 0 Å². The maximum absolute atomic E-state index is 13.5. The van der Waals surface area contributed by atoms with Gasteiger partial charge in [0.05, 0.1) is 0 Å². The molecular weight excluding hydrogens is 229 g/mol. The van der Waals surface area contributed by atoms with Crippen LogP contribution >= 0.6 is 12.4 Å². The molecule has 0 saturated carbocycles. The molecule has 0 radical (unpaired) electrons. The van der Waals surface area contributed by atoms with Gasteiger partial charge in [-0.3, -0.25) is 0 Å². The molecule has 0 amide bonds. The summed E-state index contributed by atoms with van der Waals surface area (Å²) in [4.78, 5) is 0. The number of aromatic hydroxyl groups is 1. The number of rotatable bonds is 3. The topological polar surface area (TPSA) is 46.2 Å². The van der Waals surface area contributed by atoms with E-state index < -0.39 is 11.9 Å². The highest BCUT2D eigenvalue weighted by atomic mass is 35.5. The lowest BCUT2D eigenvalue weighted by molar-refractivity contribution is 0.444. The zero-order chi connectivity index (χ0) is 11.6. The van der Waals surface area contributed by atoms with E-state index in [1.54, 1.807) is 6.92 Å². The molecule has 0 unspecified atom stereocenters. The van der Waals surface area contributed by atoms with Crippen molar-refractivity contribution in [3.05, 3.63) is 41.2 Å². The smallest absolute Gasteiger partial charge is 0.131 e. The van der Waals surface area contributed by atoms with E-state index in [1.165, 1.54) is 12.1 Å². The third-order valence-electron chi connectivity index (χ3n) is 2.30. The number of hydrogen-bond donors (Lipinski definition) is 2. The van der Waals surface area contributed by atoms with Gasteiger partial charge < -0.3 is 10.8 Å². The first kappa shape index (κ1) is 14.9. The highest BCUT2D eigenvalue weighted by Crippen LogP contribution is 2.31. The zero-order valence-corrected chi connectivity index (χ0v) is 10.3. The van der Waals surface area contributed by atoms with E-state index in [1.807, 2.05) is 6.92 Å². The molecular formula is C12H17ClFNO. The average Bonchev–Trinajstić information content (AvgIpc) is 2.11. The van der Waals surface area contributed by atoms with Gasteiger partial charge in [-0.2, -0.15) is 0 Å². The summed E-state index contributed by atoms with van der Waals surface area (Å²) in [6.45, 7) is 7.26. The Morgan fingerprint density at radius 1 is 1.56 bits per heavy atom. The highest BCUT2D eigenvalue weighted by molar-refractivity contribution is 5.85. The first-order valence-electron chi connectivity index (χ1n) is 4.81. The predicted octanol–water partition coefficient (Wildman–Crippen LogP) is 3.23. The molecule has 1 atom stereocenters. The van der Waals surface area contributed by atoms with Crippen LogP contribution in [0.15, 0.2) is 24.3 Å². The molecule has 0 heterocycles. The van der Waals surface area contributed by atoms with Gasteiger partial charge in [-0.05, 0) is 31.9 Å². The van der Waals surface area contributed by atoms with Crippen LogP contribution in [0.2, 0.25) is 0 Å². The van der Waals surface area contributed by atoms with E-state index in [0.717, 1.165) is 5.57 Å². The van der Waals surface area contributed by atoms with Crippen molar-refractivity contribution in [1.82, 2.24) is 0 Å². The Hall–Kier alpha value is -1.06. The number of halogens is 2. The molecule has 90 valence electrons. The van der Waals surface area contributed by atoms with Crippen LogP contribution < -0.4 is 5.73 Å². The summed E-state index contributed by atoms with van der Waals surface area (Å²) < 4.78 is 13.5. The number of aryl methyl sites for hydroxylation is 1. The molecule has 2 nitrogen and oxygen atoms in total. The van der Waals surface area contributed by atoms with Crippen LogP contribution in [0.25, 0.3) is 0 Å². The van der Waals surface area contributed by atoms with Crippen LogP contribution in [0.4, 0.5) is 4.39 Å². The standard InChI is InChI=1S/C12H16FNO.ClH/c1-7(2)6-10(14)11-9(13)5-4-8(3)12(11)15;/h4-5,10,15H,1,6,14H2,2-3H3;1H/t10-;/m1./s1. The van der Waals surface area contributed by atoms with E-state index in [4.69, 9.17) is 5.73 Å². The Balaban J connectivity index is 0.00000225. The molecule has 1 aromatic rings. The van der Waals surface area contributed by atoms with Gasteiger partial charge in [-0.25, -0.2) is 4.39 Å².